The number of nitrogens with zero attached hydrogens (tertiary/aromatic N) is 2. The SMILES string of the molecule is COc1ccc2ccccc2c1C=NNC(=O)c1cc(-c2ccc(C)c(C)c2)n[nH]1. The van der Waals surface area contributed by atoms with E-state index >= 15 is 0 Å². The van der Waals surface area contributed by atoms with Crippen molar-refractivity contribution in [3.8, 4) is 17.0 Å². The van der Waals surface area contributed by atoms with Crippen molar-refractivity contribution in [1.29, 1.82) is 0 Å². The van der Waals surface area contributed by atoms with Crippen LogP contribution in [0.5, 0.6) is 5.75 Å². The zero-order valence-corrected chi connectivity index (χ0v) is 17.1. The Morgan fingerprint density at radius 1 is 1.07 bits per heavy atom. The number of benzene rings is 3. The molecule has 0 saturated carbocycles. The van der Waals surface area contributed by atoms with E-state index in [4.69, 9.17) is 4.74 Å². The number of aromatic nitrogens is 2. The largest absolute Gasteiger partial charge is 0.496 e. The first-order chi connectivity index (χ1) is 14.6. The van der Waals surface area contributed by atoms with Crippen LogP contribution in [0.2, 0.25) is 0 Å². The molecule has 0 aliphatic rings. The van der Waals surface area contributed by atoms with Crippen molar-refractivity contribution in [1.82, 2.24) is 15.6 Å². The molecule has 30 heavy (non-hydrogen) atoms. The summed E-state index contributed by atoms with van der Waals surface area (Å²) in [7, 11) is 1.61. The van der Waals surface area contributed by atoms with Crippen LogP contribution in [-0.4, -0.2) is 29.4 Å². The summed E-state index contributed by atoms with van der Waals surface area (Å²) in [6, 6.07) is 19.6. The molecule has 0 saturated heterocycles. The second-order valence-corrected chi connectivity index (χ2v) is 7.07. The highest BCUT2D eigenvalue weighted by molar-refractivity contribution is 6.03. The number of hydrogen-bond acceptors (Lipinski definition) is 4. The number of ether oxygens (including phenoxy) is 1. The molecule has 1 aromatic heterocycles. The van der Waals surface area contributed by atoms with Gasteiger partial charge in [-0.25, -0.2) is 5.43 Å². The van der Waals surface area contributed by atoms with E-state index in [2.05, 4.69) is 40.6 Å². The lowest BCUT2D eigenvalue weighted by atomic mass is 10.0. The Morgan fingerprint density at radius 3 is 2.70 bits per heavy atom. The van der Waals surface area contributed by atoms with Gasteiger partial charge in [0.05, 0.1) is 19.0 Å². The van der Waals surface area contributed by atoms with E-state index in [1.54, 1.807) is 19.4 Å². The summed E-state index contributed by atoms with van der Waals surface area (Å²) in [5.41, 5.74) is 7.75. The molecule has 0 spiro atoms. The van der Waals surface area contributed by atoms with Crippen LogP contribution in [-0.2, 0) is 0 Å². The van der Waals surface area contributed by atoms with E-state index in [0.717, 1.165) is 21.9 Å². The molecule has 0 aliphatic carbocycles. The van der Waals surface area contributed by atoms with E-state index in [9.17, 15) is 4.79 Å². The van der Waals surface area contributed by atoms with Crippen LogP contribution in [0.15, 0.2) is 65.8 Å². The van der Waals surface area contributed by atoms with Crippen LogP contribution >= 0.6 is 0 Å². The van der Waals surface area contributed by atoms with Crippen LogP contribution in [0.3, 0.4) is 0 Å². The summed E-state index contributed by atoms with van der Waals surface area (Å²) < 4.78 is 5.45. The number of rotatable bonds is 5. The first-order valence-electron chi connectivity index (χ1n) is 9.59. The van der Waals surface area contributed by atoms with E-state index in [-0.39, 0.29) is 5.91 Å². The molecule has 4 aromatic rings. The molecule has 4 rings (SSSR count). The highest BCUT2D eigenvalue weighted by Gasteiger charge is 2.11. The standard InChI is InChI=1S/C24H22N4O2/c1-15-8-9-18(12-16(15)2)21-13-22(27-26-21)24(29)28-25-14-20-19-7-5-4-6-17(19)10-11-23(20)30-3/h4-14H,1-3H3,(H,26,27)(H,28,29). The van der Waals surface area contributed by atoms with Crippen LogP contribution in [0, 0.1) is 13.8 Å². The minimum Gasteiger partial charge on any atom is -0.496 e. The van der Waals surface area contributed by atoms with Gasteiger partial charge in [0.15, 0.2) is 0 Å². The molecule has 0 radical (unpaired) electrons. The predicted octanol–water partition coefficient (Wildman–Crippen LogP) is 4.62. The lowest BCUT2D eigenvalue weighted by Gasteiger charge is -2.08. The normalized spacial score (nSPS) is 11.2. The van der Waals surface area contributed by atoms with Crippen molar-refractivity contribution >= 4 is 22.9 Å². The van der Waals surface area contributed by atoms with Gasteiger partial charge < -0.3 is 4.74 Å². The maximum absolute atomic E-state index is 12.5. The summed E-state index contributed by atoms with van der Waals surface area (Å²) in [4.78, 5) is 12.5. The van der Waals surface area contributed by atoms with Gasteiger partial charge in [-0.3, -0.25) is 9.89 Å². The molecule has 6 nitrogen and oxygen atoms in total. The third kappa shape index (κ3) is 3.80. The average Bonchev–Trinajstić information content (AvgIpc) is 3.26. The van der Waals surface area contributed by atoms with Crippen molar-refractivity contribution in [3.05, 3.63) is 83.0 Å². The third-order valence-corrected chi connectivity index (χ3v) is 5.14. The lowest BCUT2D eigenvalue weighted by molar-refractivity contribution is 0.0950. The van der Waals surface area contributed by atoms with Crippen molar-refractivity contribution in [2.24, 2.45) is 5.10 Å². The summed E-state index contributed by atoms with van der Waals surface area (Å²) in [5, 5.41) is 13.2. The number of nitrogens with one attached hydrogen (secondary N) is 2. The van der Waals surface area contributed by atoms with Gasteiger partial charge in [-0.05, 0) is 53.9 Å². The number of hydrogen-bond donors (Lipinski definition) is 2. The number of H-pyrrole nitrogens is 1. The maximum Gasteiger partial charge on any atom is 0.289 e. The fourth-order valence-corrected chi connectivity index (χ4v) is 3.29. The van der Waals surface area contributed by atoms with Crippen molar-refractivity contribution in [2.45, 2.75) is 13.8 Å². The van der Waals surface area contributed by atoms with Gasteiger partial charge in [0.1, 0.15) is 11.4 Å². The van der Waals surface area contributed by atoms with Gasteiger partial charge in [0.25, 0.3) is 5.91 Å². The molecule has 0 fully saturated rings. The van der Waals surface area contributed by atoms with Gasteiger partial charge in [-0.1, -0.05) is 42.5 Å². The molecular weight excluding hydrogens is 376 g/mol. The van der Waals surface area contributed by atoms with Gasteiger partial charge in [0.2, 0.25) is 0 Å². The van der Waals surface area contributed by atoms with Gasteiger partial charge in [-0.2, -0.15) is 10.2 Å². The predicted molar refractivity (Wildman–Crippen MR) is 119 cm³/mol. The van der Waals surface area contributed by atoms with Crippen LogP contribution in [0.4, 0.5) is 0 Å². The third-order valence-electron chi connectivity index (χ3n) is 5.14. The topological polar surface area (TPSA) is 79.4 Å². The molecule has 0 bridgehead atoms. The maximum atomic E-state index is 12.5. The fourth-order valence-electron chi connectivity index (χ4n) is 3.29. The number of aryl methyl sites for hydroxylation is 2. The smallest absolute Gasteiger partial charge is 0.289 e. The Morgan fingerprint density at radius 2 is 1.90 bits per heavy atom. The summed E-state index contributed by atoms with van der Waals surface area (Å²) >= 11 is 0. The van der Waals surface area contributed by atoms with Crippen molar-refractivity contribution < 1.29 is 9.53 Å². The Labute approximate surface area is 174 Å². The quantitative estimate of drug-likeness (QED) is 0.380. The number of aromatic amines is 1. The molecule has 2 N–H and O–H groups in total. The van der Waals surface area contributed by atoms with Gasteiger partial charge in [-0.15, -0.1) is 0 Å². The highest BCUT2D eigenvalue weighted by Crippen LogP contribution is 2.26. The first kappa shape index (κ1) is 19.4. The van der Waals surface area contributed by atoms with Gasteiger partial charge in [0, 0.05) is 11.1 Å². The molecule has 3 aromatic carbocycles. The summed E-state index contributed by atoms with van der Waals surface area (Å²) in [6.07, 6.45) is 1.60. The van der Waals surface area contributed by atoms with E-state index in [0.29, 0.717) is 17.1 Å². The minimum atomic E-state index is -0.368. The number of fused-ring (bicyclic) bond motifs is 1. The van der Waals surface area contributed by atoms with Gasteiger partial charge >= 0.3 is 0 Å². The molecular formula is C24H22N4O2. The number of carbonyl (C=O) groups is 1. The Bertz CT molecular complexity index is 1260. The summed E-state index contributed by atoms with van der Waals surface area (Å²) in [5.74, 6) is 0.318. The van der Waals surface area contributed by atoms with Crippen LogP contribution in [0.1, 0.15) is 27.2 Å². The van der Waals surface area contributed by atoms with E-state index in [1.807, 2.05) is 48.5 Å². The lowest BCUT2D eigenvalue weighted by Crippen LogP contribution is -2.18. The molecule has 0 unspecified atom stereocenters. The zero-order chi connectivity index (χ0) is 21.1. The number of hydrazone groups is 1. The highest BCUT2D eigenvalue weighted by atomic mass is 16.5. The van der Waals surface area contributed by atoms with E-state index in [1.165, 1.54) is 11.1 Å². The van der Waals surface area contributed by atoms with Crippen molar-refractivity contribution in [3.63, 3.8) is 0 Å². The molecule has 150 valence electrons. The second-order valence-electron chi connectivity index (χ2n) is 7.07. The molecule has 1 heterocycles. The molecule has 1 amide bonds. The second kappa shape index (κ2) is 8.21. The molecule has 0 atom stereocenters. The van der Waals surface area contributed by atoms with Crippen LogP contribution < -0.4 is 10.2 Å². The number of carbonyl (C=O) groups excluding carboxylic acids is 1. The number of methoxy groups -OCH3 is 1. The first-order valence-corrected chi connectivity index (χ1v) is 9.59. The Balaban J connectivity index is 1.53. The zero-order valence-electron chi connectivity index (χ0n) is 17.1. The average molecular weight is 398 g/mol. The number of amides is 1. The van der Waals surface area contributed by atoms with Crippen LogP contribution in [0.25, 0.3) is 22.0 Å². The Kier molecular flexibility index (Phi) is 5.30. The Hall–Kier alpha value is -3.93. The molecule has 0 aliphatic heterocycles. The monoisotopic (exact) mass is 398 g/mol. The minimum absolute atomic E-state index is 0.338. The fraction of sp³-hybridized carbons (Fsp3) is 0.125. The van der Waals surface area contributed by atoms with E-state index < -0.39 is 0 Å². The summed E-state index contributed by atoms with van der Waals surface area (Å²) in [6.45, 7) is 4.11. The van der Waals surface area contributed by atoms with Crippen molar-refractivity contribution in [2.75, 3.05) is 7.11 Å². The molecule has 6 heteroatoms.